The van der Waals surface area contributed by atoms with Crippen molar-refractivity contribution in [2.75, 3.05) is 0 Å². The zero-order chi connectivity index (χ0) is 11.7. The Kier molecular flexibility index (Phi) is 3.30. The summed E-state index contributed by atoms with van der Waals surface area (Å²) in [5.74, 6) is 0.968. The van der Waals surface area contributed by atoms with Gasteiger partial charge in [-0.25, -0.2) is 0 Å². The largest absolute Gasteiger partial charge is 0.546 e. The molecular formula is C12H21NOSi. The van der Waals surface area contributed by atoms with E-state index in [2.05, 4.69) is 39.6 Å². The molecule has 0 unspecified atom stereocenters. The summed E-state index contributed by atoms with van der Waals surface area (Å²) in [5.41, 5.74) is 0.914. The molecule has 0 aliphatic heterocycles. The molecule has 0 spiro atoms. The molecule has 1 aliphatic rings. The maximum atomic E-state index is 9.12. The van der Waals surface area contributed by atoms with Gasteiger partial charge in [-0.3, -0.25) is 0 Å². The quantitative estimate of drug-likeness (QED) is 0.667. The van der Waals surface area contributed by atoms with Crippen LogP contribution in [0.1, 0.15) is 33.1 Å². The van der Waals surface area contributed by atoms with E-state index in [1.165, 1.54) is 0 Å². The van der Waals surface area contributed by atoms with Crippen molar-refractivity contribution in [2.45, 2.75) is 52.8 Å². The van der Waals surface area contributed by atoms with Crippen molar-refractivity contribution >= 4 is 8.32 Å². The van der Waals surface area contributed by atoms with Crippen molar-refractivity contribution in [3.8, 4) is 6.07 Å². The third-order valence-corrected chi connectivity index (χ3v) is 3.48. The van der Waals surface area contributed by atoms with Crippen molar-refractivity contribution in [3.63, 3.8) is 0 Å². The molecule has 0 radical (unpaired) electrons. The molecule has 84 valence electrons. The molecule has 0 bridgehead atoms. The van der Waals surface area contributed by atoms with E-state index in [0.29, 0.717) is 0 Å². The topological polar surface area (TPSA) is 33.0 Å². The third kappa shape index (κ3) is 3.10. The summed E-state index contributed by atoms with van der Waals surface area (Å²) >= 11 is 0. The summed E-state index contributed by atoms with van der Waals surface area (Å²) in [6, 6.07) is 2.31. The predicted octanol–water partition coefficient (Wildman–Crippen LogP) is 3.83. The van der Waals surface area contributed by atoms with Crippen LogP contribution >= 0.6 is 0 Å². The third-order valence-electron chi connectivity index (χ3n) is 2.66. The fourth-order valence-electron chi connectivity index (χ4n) is 1.96. The van der Waals surface area contributed by atoms with Gasteiger partial charge in [-0.05, 0) is 38.9 Å². The van der Waals surface area contributed by atoms with Crippen LogP contribution in [0.4, 0.5) is 0 Å². The van der Waals surface area contributed by atoms with Crippen LogP contribution in [0.5, 0.6) is 0 Å². The molecule has 0 heterocycles. The number of hydrogen-bond donors (Lipinski definition) is 0. The van der Waals surface area contributed by atoms with Crippen molar-refractivity contribution in [1.82, 2.24) is 0 Å². The minimum Gasteiger partial charge on any atom is -0.546 e. The van der Waals surface area contributed by atoms with Crippen LogP contribution < -0.4 is 0 Å². The van der Waals surface area contributed by atoms with Gasteiger partial charge in [0.2, 0.25) is 8.32 Å². The number of nitriles is 1. The maximum Gasteiger partial charge on any atom is 0.241 e. The lowest BCUT2D eigenvalue weighted by atomic mass is 9.78. The molecule has 0 aromatic heterocycles. The van der Waals surface area contributed by atoms with E-state index < -0.39 is 8.32 Å². The second-order valence-corrected chi connectivity index (χ2v) is 10.3. The summed E-state index contributed by atoms with van der Waals surface area (Å²) in [7, 11) is -1.60. The molecule has 0 saturated carbocycles. The SMILES string of the molecule is CC1(C)CCCC(C#N)=C1O[Si](C)(C)C. The van der Waals surface area contributed by atoms with Crippen LogP contribution in [0, 0.1) is 16.7 Å². The Hall–Kier alpha value is -0.753. The lowest BCUT2D eigenvalue weighted by Crippen LogP contribution is -2.32. The van der Waals surface area contributed by atoms with E-state index in [-0.39, 0.29) is 5.41 Å². The van der Waals surface area contributed by atoms with Crippen LogP contribution in [-0.2, 0) is 4.43 Å². The van der Waals surface area contributed by atoms with Gasteiger partial charge in [0.05, 0.1) is 17.4 Å². The zero-order valence-corrected chi connectivity index (χ0v) is 11.5. The Morgan fingerprint density at radius 2 is 1.93 bits per heavy atom. The van der Waals surface area contributed by atoms with E-state index in [4.69, 9.17) is 9.69 Å². The fourth-order valence-corrected chi connectivity index (χ4v) is 2.97. The molecular weight excluding hydrogens is 202 g/mol. The van der Waals surface area contributed by atoms with E-state index in [0.717, 1.165) is 30.6 Å². The van der Waals surface area contributed by atoms with Gasteiger partial charge in [0.25, 0.3) is 0 Å². The Morgan fingerprint density at radius 1 is 1.33 bits per heavy atom. The second kappa shape index (κ2) is 4.01. The van der Waals surface area contributed by atoms with Gasteiger partial charge in [0.15, 0.2) is 0 Å². The standard InChI is InChI=1S/C12H21NOSi/c1-12(2)8-6-7-10(9-13)11(12)14-15(3,4)5/h6-8H2,1-5H3. The highest BCUT2D eigenvalue weighted by Gasteiger charge is 2.34. The summed E-state index contributed by atoms with van der Waals surface area (Å²) in [6.45, 7) is 10.9. The Labute approximate surface area is 94.1 Å². The molecule has 1 aliphatic carbocycles. The van der Waals surface area contributed by atoms with E-state index in [9.17, 15) is 0 Å². The summed E-state index contributed by atoms with van der Waals surface area (Å²) in [6.07, 6.45) is 3.12. The van der Waals surface area contributed by atoms with E-state index >= 15 is 0 Å². The number of rotatable bonds is 2. The van der Waals surface area contributed by atoms with Crippen LogP contribution in [-0.4, -0.2) is 8.32 Å². The highest BCUT2D eigenvalue weighted by molar-refractivity contribution is 6.70. The van der Waals surface area contributed by atoms with Gasteiger partial charge in [-0.2, -0.15) is 5.26 Å². The lowest BCUT2D eigenvalue weighted by molar-refractivity contribution is 0.231. The van der Waals surface area contributed by atoms with Crippen LogP contribution in [0.15, 0.2) is 11.3 Å². The first-order chi connectivity index (χ1) is 6.76. The first-order valence-corrected chi connectivity index (χ1v) is 9.00. The molecule has 0 atom stereocenters. The zero-order valence-electron chi connectivity index (χ0n) is 10.5. The van der Waals surface area contributed by atoms with Crippen molar-refractivity contribution in [3.05, 3.63) is 11.3 Å². The lowest BCUT2D eigenvalue weighted by Gasteiger charge is -2.36. The minimum atomic E-state index is -1.60. The van der Waals surface area contributed by atoms with Gasteiger partial charge in [0, 0.05) is 5.41 Å². The normalized spacial score (nSPS) is 21.1. The van der Waals surface area contributed by atoms with Gasteiger partial charge < -0.3 is 4.43 Å². The van der Waals surface area contributed by atoms with Gasteiger partial charge >= 0.3 is 0 Å². The van der Waals surface area contributed by atoms with Crippen LogP contribution in [0.25, 0.3) is 0 Å². The fraction of sp³-hybridized carbons (Fsp3) is 0.750. The Morgan fingerprint density at radius 3 is 2.40 bits per heavy atom. The first kappa shape index (κ1) is 12.3. The number of allylic oxidation sites excluding steroid dienone is 2. The van der Waals surface area contributed by atoms with Crippen LogP contribution in [0.2, 0.25) is 19.6 Å². The Balaban J connectivity index is 3.06. The van der Waals surface area contributed by atoms with Gasteiger partial charge in [-0.15, -0.1) is 0 Å². The monoisotopic (exact) mass is 223 g/mol. The maximum absolute atomic E-state index is 9.12. The predicted molar refractivity (Wildman–Crippen MR) is 64.7 cm³/mol. The molecule has 0 saturated heterocycles. The average molecular weight is 223 g/mol. The average Bonchev–Trinajstić information content (AvgIpc) is 2.06. The highest BCUT2D eigenvalue weighted by Crippen LogP contribution is 2.41. The molecule has 0 amide bonds. The van der Waals surface area contributed by atoms with Crippen molar-refractivity contribution < 1.29 is 4.43 Å². The van der Waals surface area contributed by atoms with Crippen LogP contribution in [0.3, 0.4) is 0 Å². The number of hydrogen-bond acceptors (Lipinski definition) is 2. The number of nitrogens with zero attached hydrogens (tertiary/aromatic N) is 1. The van der Waals surface area contributed by atoms with Crippen molar-refractivity contribution in [2.24, 2.45) is 5.41 Å². The smallest absolute Gasteiger partial charge is 0.241 e. The molecule has 2 nitrogen and oxygen atoms in total. The summed E-state index contributed by atoms with van der Waals surface area (Å²) < 4.78 is 6.09. The minimum absolute atomic E-state index is 0.0452. The first-order valence-electron chi connectivity index (χ1n) is 5.59. The van der Waals surface area contributed by atoms with E-state index in [1.54, 1.807) is 0 Å². The summed E-state index contributed by atoms with van der Waals surface area (Å²) in [4.78, 5) is 0. The van der Waals surface area contributed by atoms with Crippen molar-refractivity contribution in [1.29, 1.82) is 5.26 Å². The summed E-state index contributed by atoms with van der Waals surface area (Å²) in [5, 5.41) is 9.12. The molecule has 0 aromatic rings. The molecule has 0 N–H and O–H groups in total. The molecule has 0 aromatic carbocycles. The van der Waals surface area contributed by atoms with Gasteiger partial charge in [-0.1, -0.05) is 13.8 Å². The highest BCUT2D eigenvalue weighted by atomic mass is 28.4. The molecule has 1 rings (SSSR count). The van der Waals surface area contributed by atoms with Gasteiger partial charge in [0.1, 0.15) is 0 Å². The molecule has 3 heteroatoms. The Bertz CT molecular complexity index is 317. The second-order valence-electron chi connectivity index (χ2n) is 5.87. The molecule has 0 fully saturated rings. The molecule has 15 heavy (non-hydrogen) atoms. The van der Waals surface area contributed by atoms with E-state index in [1.807, 2.05) is 0 Å².